The molecule has 0 radical (unpaired) electrons. The molecule has 0 fully saturated rings. The molecule has 0 unspecified atom stereocenters. The van der Waals surface area contributed by atoms with Gasteiger partial charge in [-0.05, 0) is 13.8 Å². The van der Waals surface area contributed by atoms with Gasteiger partial charge in [0, 0.05) is 37.6 Å². The fourth-order valence-corrected chi connectivity index (χ4v) is 1.54. The molecule has 0 bridgehead atoms. The fourth-order valence-electron chi connectivity index (χ4n) is 1.54. The summed E-state index contributed by atoms with van der Waals surface area (Å²) in [6.45, 7) is 5.82. The van der Waals surface area contributed by atoms with Gasteiger partial charge in [0.1, 0.15) is 0 Å². The highest BCUT2D eigenvalue weighted by atomic mass is 15.3. The van der Waals surface area contributed by atoms with Crippen molar-refractivity contribution in [1.82, 2.24) is 19.6 Å². The number of aryl methyl sites for hydroxylation is 2. The molecule has 0 aliphatic rings. The molecular formula is C11H17N5. The lowest BCUT2D eigenvalue weighted by molar-refractivity contribution is 0.660. The van der Waals surface area contributed by atoms with Gasteiger partial charge < -0.3 is 5.32 Å². The summed E-state index contributed by atoms with van der Waals surface area (Å²) >= 11 is 0. The van der Waals surface area contributed by atoms with Crippen LogP contribution in [0, 0.1) is 6.92 Å². The van der Waals surface area contributed by atoms with Crippen molar-refractivity contribution in [2.45, 2.75) is 26.9 Å². The molecule has 0 spiro atoms. The van der Waals surface area contributed by atoms with Crippen LogP contribution in [-0.4, -0.2) is 19.6 Å². The number of anilines is 1. The van der Waals surface area contributed by atoms with Gasteiger partial charge in [-0.15, -0.1) is 0 Å². The number of nitrogens with zero attached hydrogens (tertiary/aromatic N) is 4. The molecule has 2 aromatic rings. The zero-order valence-corrected chi connectivity index (χ0v) is 9.94. The third-order valence-electron chi connectivity index (χ3n) is 2.78. The Balaban J connectivity index is 1.99. The molecule has 2 rings (SSSR count). The minimum atomic E-state index is 0.787. The van der Waals surface area contributed by atoms with Crippen molar-refractivity contribution in [3.05, 3.63) is 29.8 Å². The third kappa shape index (κ3) is 2.08. The number of hydrogen-bond acceptors (Lipinski definition) is 3. The summed E-state index contributed by atoms with van der Waals surface area (Å²) < 4.78 is 3.78. The van der Waals surface area contributed by atoms with E-state index in [1.165, 1.54) is 11.3 Å². The summed E-state index contributed by atoms with van der Waals surface area (Å²) in [5.41, 5.74) is 3.45. The molecule has 86 valence electrons. The first-order valence-electron chi connectivity index (χ1n) is 5.44. The second kappa shape index (κ2) is 4.38. The normalized spacial score (nSPS) is 10.7. The van der Waals surface area contributed by atoms with Gasteiger partial charge in [-0.1, -0.05) is 0 Å². The van der Waals surface area contributed by atoms with Crippen molar-refractivity contribution in [1.29, 1.82) is 0 Å². The van der Waals surface area contributed by atoms with Crippen LogP contribution in [0.25, 0.3) is 0 Å². The Labute approximate surface area is 95.1 Å². The first kappa shape index (κ1) is 10.7. The first-order valence-corrected chi connectivity index (χ1v) is 5.44. The van der Waals surface area contributed by atoms with Crippen LogP contribution >= 0.6 is 0 Å². The van der Waals surface area contributed by atoms with E-state index in [2.05, 4.69) is 29.4 Å². The van der Waals surface area contributed by atoms with E-state index in [4.69, 9.17) is 0 Å². The van der Waals surface area contributed by atoms with Gasteiger partial charge in [0.2, 0.25) is 0 Å². The second-order valence-corrected chi connectivity index (χ2v) is 3.82. The van der Waals surface area contributed by atoms with E-state index in [1.54, 1.807) is 0 Å². The topological polar surface area (TPSA) is 47.7 Å². The molecule has 0 aliphatic carbocycles. The Bertz CT molecular complexity index is 468. The summed E-state index contributed by atoms with van der Waals surface area (Å²) in [6.07, 6.45) is 5.74. The minimum absolute atomic E-state index is 0.787. The highest BCUT2D eigenvalue weighted by molar-refractivity contribution is 5.39. The van der Waals surface area contributed by atoms with Crippen molar-refractivity contribution >= 4 is 5.69 Å². The lowest BCUT2D eigenvalue weighted by Gasteiger charge is -2.02. The molecular weight excluding hydrogens is 202 g/mol. The van der Waals surface area contributed by atoms with Crippen molar-refractivity contribution in [2.24, 2.45) is 7.05 Å². The molecule has 16 heavy (non-hydrogen) atoms. The largest absolute Gasteiger partial charge is 0.378 e. The Morgan fingerprint density at radius 2 is 2.12 bits per heavy atom. The Hall–Kier alpha value is -1.78. The molecule has 0 saturated heterocycles. The van der Waals surface area contributed by atoms with Gasteiger partial charge >= 0.3 is 0 Å². The second-order valence-electron chi connectivity index (χ2n) is 3.82. The highest BCUT2D eigenvalue weighted by Gasteiger charge is 2.03. The summed E-state index contributed by atoms with van der Waals surface area (Å²) in [4.78, 5) is 0. The maximum Gasteiger partial charge on any atom is 0.0729 e. The van der Waals surface area contributed by atoms with Gasteiger partial charge in [0.15, 0.2) is 0 Å². The number of rotatable bonds is 4. The maximum atomic E-state index is 4.21. The van der Waals surface area contributed by atoms with Crippen molar-refractivity contribution < 1.29 is 0 Å². The van der Waals surface area contributed by atoms with Gasteiger partial charge in [0.25, 0.3) is 0 Å². The van der Waals surface area contributed by atoms with E-state index in [1.807, 2.05) is 35.0 Å². The first-order chi connectivity index (χ1) is 7.70. The van der Waals surface area contributed by atoms with Gasteiger partial charge in [0.05, 0.1) is 18.1 Å². The molecule has 0 saturated carbocycles. The van der Waals surface area contributed by atoms with Crippen LogP contribution in [0.1, 0.15) is 18.2 Å². The summed E-state index contributed by atoms with van der Waals surface area (Å²) in [6, 6.07) is 0. The summed E-state index contributed by atoms with van der Waals surface area (Å²) in [7, 11) is 1.95. The van der Waals surface area contributed by atoms with Crippen molar-refractivity contribution in [2.75, 3.05) is 5.32 Å². The van der Waals surface area contributed by atoms with E-state index in [-0.39, 0.29) is 0 Å². The van der Waals surface area contributed by atoms with E-state index in [9.17, 15) is 0 Å². The van der Waals surface area contributed by atoms with E-state index < -0.39 is 0 Å². The van der Waals surface area contributed by atoms with E-state index in [0.717, 1.165) is 18.8 Å². The minimum Gasteiger partial charge on any atom is -0.378 e. The predicted molar refractivity (Wildman–Crippen MR) is 63.2 cm³/mol. The molecule has 0 amide bonds. The molecule has 5 nitrogen and oxygen atoms in total. The maximum absolute atomic E-state index is 4.21. The molecule has 0 aromatic carbocycles. The molecule has 0 aliphatic heterocycles. The monoisotopic (exact) mass is 219 g/mol. The van der Waals surface area contributed by atoms with Crippen molar-refractivity contribution in [3.8, 4) is 0 Å². The average Bonchev–Trinajstić information content (AvgIpc) is 2.86. The quantitative estimate of drug-likeness (QED) is 0.848. The van der Waals surface area contributed by atoms with E-state index >= 15 is 0 Å². The summed E-state index contributed by atoms with van der Waals surface area (Å²) in [5.74, 6) is 0. The Morgan fingerprint density at radius 3 is 2.69 bits per heavy atom. The Morgan fingerprint density at radius 1 is 1.31 bits per heavy atom. The Kier molecular flexibility index (Phi) is 2.94. The standard InChI is InChI=1S/C11H17N5/c1-4-16-8-11(7-14-16)12-5-10-6-13-15(3)9(10)2/h6-8,12H,4-5H2,1-3H3. The SMILES string of the molecule is CCn1cc(NCc2cnn(C)c2C)cn1. The fraction of sp³-hybridized carbons (Fsp3) is 0.455. The van der Waals surface area contributed by atoms with Gasteiger partial charge in [-0.25, -0.2) is 0 Å². The third-order valence-corrected chi connectivity index (χ3v) is 2.78. The zero-order valence-electron chi connectivity index (χ0n) is 9.94. The molecule has 0 atom stereocenters. The van der Waals surface area contributed by atoms with Crippen LogP contribution < -0.4 is 5.32 Å². The average molecular weight is 219 g/mol. The lowest BCUT2D eigenvalue weighted by atomic mass is 10.2. The van der Waals surface area contributed by atoms with Gasteiger partial charge in [-0.2, -0.15) is 10.2 Å². The highest BCUT2D eigenvalue weighted by Crippen LogP contribution is 2.10. The predicted octanol–water partition coefficient (Wildman–Crippen LogP) is 1.56. The van der Waals surface area contributed by atoms with Crippen LogP contribution in [0.3, 0.4) is 0 Å². The van der Waals surface area contributed by atoms with Crippen LogP contribution in [-0.2, 0) is 20.1 Å². The van der Waals surface area contributed by atoms with Gasteiger partial charge in [-0.3, -0.25) is 9.36 Å². The number of nitrogens with one attached hydrogen (secondary N) is 1. The molecule has 5 heteroatoms. The van der Waals surface area contributed by atoms with E-state index in [0.29, 0.717) is 0 Å². The zero-order chi connectivity index (χ0) is 11.5. The summed E-state index contributed by atoms with van der Waals surface area (Å²) in [5, 5.41) is 11.7. The van der Waals surface area contributed by atoms with Crippen LogP contribution in [0.2, 0.25) is 0 Å². The lowest BCUT2D eigenvalue weighted by Crippen LogP contribution is -2.00. The van der Waals surface area contributed by atoms with Crippen molar-refractivity contribution in [3.63, 3.8) is 0 Å². The molecule has 2 aromatic heterocycles. The van der Waals surface area contributed by atoms with Crippen LogP contribution in [0.15, 0.2) is 18.6 Å². The number of aromatic nitrogens is 4. The molecule has 1 N–H and O–H groups in total. The molecule has 2 heterocycles. The smallest absolute Gasteiger partial charge is 0.0729 e. The number of hydrogen-bond donors (Lipinski definition) is 1. The van der Waals surface area contributed by atoms with Crippen LogP contribution in [0.4, 0.5) is 5.69 Å². The van der Waals surface area contributed by atoms with Crippen LogP contribution in [0.5, 0.6) is 0 Å².